The van der Waals surface area contributed by atoms with Gasteiger partial charge in [-0.05, 0) is 42.5 Å². The summed E-state index contributed by atoms with van der Waals surface area (Å²) in [7, 11) is 1.30. The van der Waals surface area contributed by atoms with Gasteiger partial charge in [0.25, 0.3) is 0 Å². The van der Waals surface area contributed by atoms with E-state index in [0.29, 0.717) is 33.3 Å². The van der Waals surface area contributed by atoms with Crippen LogP contribution < -0.4 is 5.43 Å². The van der Waals surface area contributed by atoms with Crippen LogP contribution in [-0.2, 0) is 4.74 Å². The molecule has 4 rings (SSSR count). The molecule has 0 atom stereocenters. The quantitative estimate of drug-likeness (QED) is 0.280. The fourth-order valence-electron chi connectivity index (χ4n) is 2.83. The summed E-state index contributed by atoms with van der Waals surface area (Å²) >= 11 is 6.22. The fourth-order valence-corrected chi connectivity index (χ4v) is 3.04. The smallest absolute Gasteiger partial charge is 0.337 e. The maximum absolute atomic E-state index is 12.2. The van der Waals surface area contributed by atoms with Gasteiger partial charge < -0.3 is 13.6 Å². The largest absolute Gasteiger partial charge is 0.465 e. The molecule has 0 aliphatic heterocycles. The van der Waals surface area contributed by atoms with Crippen molar-refractivity contribution in [1.29, 1.82) is 0 Å². The first-order chi connectivity index (χ1) is 14.5. The first kappa shape index (κ1) is 19.5. The highest BCUT2D eigenvalue weighted by Gasteiger charge is 2.14. The van der Waals surface area contributed by atoms with Crippen LogP contribution in [0.5, 0.6) is 0 Å². The number of furan rings is 2. The van der Waals surface area contributed by atoms with Crippen molar-refractivity contribution < 1.29 is 23.2 Å². The molecule has 2 aromatic heterocycles. The van der Waals surface area contributed by atoms with E-state index >= 15 is 0 Å². The van der Waals surface area contributed by atoms with Gasteiger partial charge in [0.15, 0.2) is 5.76 Å². The lowest BCUT2D eigenvalue weighted by Gasteiger charge is -2.04. The molecule has 30 heavy (non-hydrogen) atoms. The summed E-state index contributed by atoms with van der Waals surface area (Å²) in [5, 5.41) is 5.13. The third-order valence-electron chi connectivity index (χ3n) is 4.29. The van der Waals surface area contributed by atoms with Crippen LogP contribution in [0.15, 0.2) is 74.6 Å². The van der Waals surface area contributed by atoms with Crippen molar-refractivity contribution in [3.8, 4) is 11.3 Å². The van der Waals surface area contributed by atoms with Crippen molar-refractivity contribution in [2.45, 2.75) is 0 Å². The number of methoxy groups -OCH3 is 1. The molecule has 0 saturated carbocycles. The van der Waals surface area contributed by atoms with Gasteiger partial charge >= 0.3 is 11.9 Å². The van der Waals surface area contributed by atoms with E-state index in [0.717, 1.165) is 5.39 Å². The van der Waals surface area contributed by atoms with E-state index < -0.39 is 11.9 Å². The van der Waals surface area contributed by atoms with E-state index in [9.17, 15) is 9.59 Å². The standard InChI is InChI=1S/C22H15ClN2O5/c1-28-22(27)14-6-8-17(23)16(10-14)19-9-7-15(29-19)12-24-25-21(26)20-11-13-4-2-3-5-18(13)30-20/h2-12H,1H3,(H,25,26)/b24-12+. The number of hydrazone groups is 1. The van der Waals surface area contributed by atoms with Crippen LogP contribution >= 0.6 is 11.6 Å². The van der Waals surface area contributed by atoms with Crippen LogP contribution in [-0.4, -0.2) is 25.2 Å². The van der Waals surface area contributed by atoms with E-state index in [1.54, 1.807) is 42.5 Å². The fraction of sp³-hybridized carbons (Fsp3) is 0.0455. The van der Waals surface area contributed by atoms with E-state index in [-0.39, 0.29) is 5.76 Å². The number of nitrogens with zero attached hydrogens (tertiary/aromatic N) is 1. The van der Waals surface area contributed by atoms with Crippen molar-refractivity contribution in [3.05, 3.63) is 82.8 Å². The average molecular weight is 423 g/mol. The molecule has 0 unspecified atom stereocenters. The summed E-state index contributed by atoms with van der Waals surface area (Å²) in [5.41, 5.74) is 3.89. The van der Waals surface area contributed by atoms with E-state index in [4.69, 9.17) is 25.2 Å². The Balaban J connectivity index is 1.47. The van der Waals surface area contributed by atoms with E-state index in [1.807, 2.05) is 18.2 Å². The zero-order valence-corrected chi connectivity index (χ0v) is 16.5. The summed E-state index contributed by atoms with van der Waals surface area (Å²) in [6.07, 6.45) is 1.35. The summed E-state index contributed by atoms with van der Waals surface area (Å²) in [5.74, 6) is 0.0164. The number of amides is 1. The first-order valence-electron chi connectivity index (χ1n) is 8.85. The van der Waals surface area contributed by atoms with Crippen molar-refractivity contribution in [2.24, 2.45) is 5.10 Å². The van der Waals surface area contributed by atoms with Crippen molar-refractivity contribution in [3.63, 3.8) is 0 Å². The Morgan fingerprint density at radius 3 is 2.70 bits per heavy atom. The molecule has 0 aliphatic rings. The second-order valence-corrected chi connectivity index (χ2v) is 6.64. The van der Waals surface area contributed by atoms with Crippen LogP contribution in [0.2, 0.25) is 5.02 Å². The predicted molar refractivity (Wildman–Crippen MR) is 112 cm³/mol. The molecule has 1 N–H and O–H groups in total. The van der Waals surface area contributed by atoms with Crippen molar-refractivity contribution in [2.75, 3.05) is 7.11 Å². The Morgan fingerprint density at radius 2 is 1.90 bits per heavy atom. The molecule has 0 aliphatic carbocycles. The number of carbonyl (C=O) groups is 2. The Kier molecular flexibility index (Phi) is 5.36. The SMILES string of the molecule is COC(=O)c1ccc(Cl)c(-c2ccc(/C=N/NC(=O)c3cc4ccccc4o3)o2)c1. The van der Waals surface area contributed by atoms with Gasteiger partial charge in [0.2, 0.25) is 0 Å². The molecular weight excluding hydrogens is 408 g/mol. The van der Waals surface area contributed by atoms with Gasteiger partial charge in [-0.15, -0.1) is 0 Å². The summed E-state index contributed by atoms with van der Waals surface area (Å²) in [4.78, 5) is 23.9. The van der Waals surface area contributed by atoms with Gasteiger partial charge in [-0.25, -0.2) is 10.2 Å². The lowest BCUT2D eigenvalue weighted by molar-refractivity contribution is 0.0600. The Hall–Kier alpha value is -3.84. The number of carbonyl (C=O) groups excluding carboxylic acids is 2. The second-order valence-electron chi connectivity index (χ2n) is 6.24. The molecule has 4 aromatic rings. The van der Waals surface area contributed by atoms with Gasteiger partial charge in [-0.2, -0.15) is 5.10 Å². The highest BCUT2D eigenvalue weighted by Crippen LogP contribution is 2.30. The predicted octanol–water partition coefficient (Wildman–Crippen LogP) is 4.90. The number of para-hydroxylation sites is 1. The number of rotatable bonds is 5. The molecule has 150 valence electrons. The highest BCUT2D eigenvalue weighted by atomic mass is 35.5. The number of hydrogen-bond donors (Lipinski definition) is 1. The van der Waals surface area contributed by atoms with Gasteiger partial charge in [0, 0.05) is 10.9 Å². The molecule has 0 radical (unpaired) electrons. The monoisotopic (exact) mass is 422 g/mol. The van der Waals surface area contributed by atoms with Gasteiger partial charge in [0.1, 0.15) is 17.1 Å². The van der Waals surface area contributed by atoms with E-state index in [2.05, 4.69) is 10.5 Å². The Morgan fingerprint density at radius 1 is 1.07 bits per heavy atom. The molecule has 1 amide bonds. The topological polar surface area (TPSA) is 94.0 Å². The van der Waals surface area contributed by atoms with Crippen LogP contribution in [0.1, 0.15) is 26.7 Å². The molecule has 7 nitrogen and oxygen atoms in total. The van der Waals surface area contributed by atoms with Gasteiger partial charge in [-0.1, -0.05) is 29.8 Å². The van der Waals surface area contributed by atoms with E-state index in [1.165, 1.54) is 13.3 Å². The maximum Gasteiger partial charge on any atom is 0.337 e. The lowest BCUT2D eigenvalue weighted by Crippen LogP contribution is -2.16. The second kappa shape index (κ2) is 8.26. The van der Waals surface area contributed by atoms with Crippen LogP contribution in [0.25, 0.3) is 22.3 Å². The number of ether oxygens (including phenoxy) is 1. The molecule has 2 heterocycles. The number of benzene rings is 2. The highest BCUT2D eigenvalue weighted by molar-refractivity contribution is 6.33. The summed E-state index contributed by atoms with van der Waals surface area (Å²) in [6, 6.07) is 17.0. The third kappa shape index (κ3) is 3.97. The summed E-state index contributed by atoms with van der Waals surface area (Å²) in [6.45, 7) is 0. The maximum atomic E-state index is 12.2. The molecule has 0 bridgehead atoms. The van der Waals surface area contributed by atoms with Crippen LogP contribution in [0, 0.1) is 0 Å². The first-order valence-corrected chi connectivity index (χ1v) is 9.23. The zero-order chi connectivity index (χ0) is 21.1. The van der Waals surface area contributed by atoms with Gasteiger partial charge in [-0.3, -0.25) is 4.79 Å². The minimum atomic E-state index is -0.483. The van der Waals surface area contributed by atoms with Gasteiger partial charge in [0.05, 0.1) is 23.9 Å². The van der Waals surface area contributed by atoms with Crippen molar-refractivity contribution >= 4 is 40.7 Å². The Bertz CT molecular complexity index is 1240. The minimum Gasteiger partial charge on any atom is -0.465 e. The normalized spacial score (nSPS) is 11.1. The molecule has 2 aromatic carbocycles. The molecule has 0 fully saturated rings. The number of halogens is 1. The molecule has 8 heteroatoms. The summed E-state index contributed by atoms with van der Waals surface area (Å²) < 4.78 is 15.9. The average Bonchev–Trinajstić information content (AvgIpc) is 3.40. The number of esters is 1. The third-order valence-corrected chi connectivity index (χ3v) is 4.62. The lowest BCUT2D eigenvalue weighted by atomic mass is 10.1. The van der Waals surface area contributed by atoms with Crippen molar-refractivity contribution in [1.82, 2.24) is 5.43 Å². The minimum absolute atomic E-state index is 0.153. The zero-order valence-electron chi connectivity index (χ0n) is 15.7. The van der Waals surface area contributed by atoms with Crippen LogP contribution in [0.3, 0.4) is 0 Å². The molecular formula is C22H15ClN2O5. The molecule has 0 saturated heterocycles. The van der Waals surface area contributed by atoms with Crippen LogP contribution in [0.4, 0.5) is 0 Å². The molecule has 0 spiro atoms. The number of nitrogens with one attached hydrogen (secondary N) is 1. The Labute approximate surface area is 175 Å². The number of fused-ring (bicyclic) bond motifs is 1. The number of hydrogen-bond acceptors (Lipinski definition) is 6.